The Balaban J connectivity index is 1.42. The van der Waals surface area contributed by atoms with Crippen molar-refractivity contribution in [2.24, 2.45) is 5.10 Å². The van der Waals surface area contributed by atoms with Crippen LogP contribution in [0.4, 0.5) is 4.79 Å². The summed E-state index contributed by atoms with van der Waals surface area (Å²) in [5.74, 6) is -0.532. The first kappa shape index (κ1) is 35.6. The largest absolute Gasteiger partial charge is 0.508 e. The van der Waals surface area contributed by atoms with E-state index in [1.165, 1.54) is 4.90 Å². The smallest absolute Gasteiger partial charge is 0.316 e. The lowest BCUT2D eigenvalue weighted by atomic mass is 9.98. The number of amides is 4. The van der Waals surface area contributed by atoms with Crippen LogP contribution in [0.5, 0.6) is 5.75 Å². The van der Waals surface area contributed by atoms with Gasteiger partial charge in [0.15, 0.2) is 0 Å². The van der Waals surface area contributed by atoms with Crippen LogP contribution in [-0.2, 0) is 22.6 Å². The van der Waals surface area contributed by atoms with Gasteiger partial charge in [0, 0.05) is 32.5 Å². The average Bonchev–Trinajstić information content (AvgIpc) is 3.21. The van der Waals surface area contributed by atoms with Gasteiger partial charge in [-0.05, 0) is 47.2 Å². The zero-order chi connectivity index (χ0) is 35.3. The van der Waals surface area contributed by atoms with Gasteiger partial charge in [-0.15, -0.1) is 6.58 Å². The summed E-state index contributed by atoms with van der Waals surface area (Å²) in [6.07, 6.45) is 15.6. The molecule has 0 radical (unpaired) electrons. The fourth-order valence-electron chi connectivity index (χ4n) is 6.05. The molecule has 11 nitrogen and oxygen atoms in total. The van der Waals surface area contributed by atoms with E-state index in [4.69, 9.17) is 0 Å². The Labute approximate surface area is 293 Å². The summed E-state index contributed by atoms with van der Waals surface area (Å²) in [5.41, 5.74) is 8.15. The molecule has 1 fully saturated rings. The van der Waals surface area contributed by atoms with E-state index in [1.54, 1.807) is 35.2 Å². The number of nitrogens with zero attached hydrogens (tertiary/aromatic N) is 3. The fourth-order valence-corrected chi connectivity index (χ4v) is 6.05. The molecule has 5 N–H and O–H groups in total. The molecule has 2 atom stereocenters. The van der Waals surface area contributed by atoms with Gasteiger partial charge in [0.2, 0.25) is 11.8 Å². The molecule has 0 aromatic heterocycles. The molecule has 260 valence electrons. The monoisotopic (exact) mass is 675 g/mol. The highest BCUT2D eigenvalue weighted by Gasteiger charge is 2.44. The Morgan fingerprint density at radius 1 is 1.04 bits per heavy atom. The summed E-state index contributed by atoms with van der Waals surface area (Å²) < 4.78 is 0. The van der Waals surface area contributed by atoms with E-state index in [2.05, 4.69) is 51.8 Å². The third-order valence-electron chi connectivity index (χ3n) is 8.68. The van der Waals surface area contributed by atoms with Gasteiger partial charge in [-0.25, -0.2) is 4.79 Å². The van der Waals surface area contributed by atoms with Crippen LogP contribution in [0.2, 0.25) is 0 Å². The van der Waals surface area contributed by atoms with Crippen molar-refractivity contribution in [3.63, 3.8) is 0 Å². The second-order valence-corrected chi connectivity index (χ2v) is 12.3. The maximum atomic E-state index is 14.4. The highest BCUT2D eigenvalue weighted by atomic mass is 16.3. The Bertz CT molecular complexity index is 1710. The number of phenols is 1. The van der Waals surface area contributed by atoms with Crippen molar-refractivity contribution >= 4 is 23.6 Å². The summed E-state index contributed by atoms with van der Waals surface area (Å²) in [4.78, 5) is 44.7. The fraction of sp³-hybridized carbons (Fsp3) is 0.282. The maximum absolute atomic E-state index is 14.4. The molecule has 2 heterocycles. The number of piperazine rings is 1. The number of nitrogens with one attached hydrogen (secondary N) is 4. The number of phenolic OH excluding ortho intramolecular Hbond substituents is 1. The number of aromatic hydroxyl groups is 1. The number of allylic oxidation sites excluding steroid dienone is 7. The van der Waals surface area contributed by atoms with Crippen molar-refractivity contribution in [3.05, 3.63) is 138 Å². The summed E-state index contributed by atoms with van der Waals surface area (Å²) in [5, 5.41) is 23.5. The molecule has 5 rings (SSSR count). The van der Waals surface area contributed by atoms with E-state index < -0.39 is 18.2 Å². The predicted molar refractivity (Wildman–Crippen MR) is 196 cm³/mol. The van der Waals surface area contributed by atoms with Gasteiger partial charge in [-0.1, -0.05) is 91.6 Å². The molecule has 50 heavy (non-hydrogen) atoms. The van der Waals surface area contributed by atoms with Crippen LogP contribution in [0.15, 0.2) is 132 Å². The quantitative estimate of drug-likeness (QED) is 0.169. The third-order valence-corrected chi connectivity index (χ3v) is 8.68. The van der Waals surface area contributed by atoms with Crippen LogP contribution in [0, 0.1) is 0 Å². The molecular weight excluding hydrogens is 630 g/mol. The van der Waals surface area contributed by atoms with Crippen LogP contribution in [0.25, 0.3) is 0 Å². The second-order valence-electron chi connectivity index (χ2n) is 12.3. The van der Waals surface area contributed by atoms with Gasteiger partial charge in [0.05, 0.1) is 24.5 Å². The molecule has 2 aromatic rings. The molecular formula is C39H45N7O4. The van der Waals surface area contributed by atoms with Gasteiger partial charge < -0.3 is 30.9 Å². The molecule has 0 saturated carbocycles. The highest BCUT2D eigenvalue weighted by molar-refractivity contribution is 6.01. The average molecular weight is 676 g/mol. The summed E-state index contributed by atoms with van der Waals surface area (Å²) >= 11 is 0. The first-order chi connectivity index (χ1) is 24.3. The van der Waals surface area contributed by atoms with E-state index >= 15 is 0 Å². The van der Waals surface area contributed by atoms with Crippen LogP contribution in [0.3, 0.4) is 0 Å². The second kappa shape index (κ2) is 17.6. The Kier molecular flexibility index (Phi) is 12.6. The van der Waals surface area contributed by atoms with Crippen molar-refractivity contribution < 1.29 is 19.5 Å². The van der Waals surface area contributed by atoms with Gasteiger partial charge in [0.1, 0.15) is 18.0 Å². The number of benzene rings is 2. The maximum Gasteiger partial charge on any atom is 0.316 e. The first-order valence-electron chi connectivity index (χ1n) is 16.8. The molecule has 3 aliphatic rings. The van der Waals surface area contributed by atoms with Gasteiger partial charge >= 0.3 is 6.03 Å². The van der Waals surface area contributed by atoms with E-state index in [0.29, 0.717) is 18.7 Å². The molecule has 0 spiro atoms. The highest BCUT2D eigenvalue weighted by Crippen LogP contribution is 2.24. The SMILES string of the molecule is C=CCNCC(=O)N1[C@@H](NC(=O)NCc2ccccc2)CN(C/C2=C/C=C\C/C(C3=CC=CCC3)=N\NC2=C)C(=O)[C@@H]1Cc1ccc(O)cc1. The molecule has 0 unspecified atom stereocenters. The summed E-state index contributed by atoms with van der Waals surface area (Å²) in [7, 11) is 0. The topological polar surface area (TPSA) is 138 Å². The molecule has 1 aliphatic carbocycles. The Hall–Kier alpha value is -5.68. The number of hydrazone groups is 1. The number of rotatable bonds is 12. The predicted octanol–water partition coefficient (Wildman–Crippen LogP) is 4.20. The number of carbonyl (C=O) groups excluding carboxylic acids is 3. The van der Waals surface area contributed by atoms with Crippen LogP contribution in [-0.4, -0.2) is 76.9 Å². The molecule has 1 saturated heterocycles. The number of hydrogen-bond donors (Lipinski definition) is 5. The van der Waals surface area contributed by atoms with E-state index in [1.807, 2.05) is 54.6 Å². The Morgan fingerprint density at radius 3 is 2.56 bits per heavy atom. The van der Waals surface area contributed by atoms with Crippen molar-refractivity contribution in [1.29, 1.82) is 0 Å². The van der Waals surface area contributed by atoms with Crippen LogP contribution in [0.1, 0.15) is 30.4 Å². The molecule has 4 amide bonds. The lowest BCUT2D eigenvalue weighted by Gasteiger charge is -2.46. The van der Waals surface area contributed by atoms with Crippen molar-refractivity contribution in [2.75, 3.05) is 26.2 Å². The zero-order valence-corrected chi connectivity index (χ0v) is 28.2. The molecule has 2 aliphatic heterocycles. The molecule has 0 bridgehead atoms. The first-order valence-corrected chi connectivity index (χ1v) is 16.8. The minimum Gasteiger partial charge on any atom is -0.508 e. The number of hydrogen-bond acceptors (Lipinski definition) is 7. The van der Waals surface area contributed by atoms with E-state index in [0.717, 1.165) is 40.8 Å². The minimum atomic E-state index is -0.949. The van der Waals surface area contributed by atoms with Crippen LogP contribution < -0.4 is 21.4 Å². The van der Waals surface area contributed by atoms with Crippen molar-refractivity contribution in [3.8, 4) is 5.75 Å². The number of carbonyl (C=O) groups is 3. The number of urea groups is 1. The third kappa shape index (κ3) is 9.70. The van der Waals surface area contributed by atoms with Gasteiger partial charge in [-0.2, -0.15) is 5.10 Å². The normalized spacial score (nSPS) is 22.0. The molecule has 11 heteroatoms. The van der Waals surface area contributed by atoms with E-state index in [-0.39, 0.29) is 50.2 Å². The van der Waals surface area contributed by atoms with Crippen molar-refractivity contribution in [1.82, 2.24) is 31.2 Å². The lowest BCUT2D eigenvalue weighted by Crippen LogP contribution is -2.70. The summed E-state index contributed by atoms with van der Waals surface area (Å²) in [6, 6.07) is 14.6. The van der Waals surface area contributed by atoms with Gasteiger partial charge in [-0.3, -0.25) is 15.0 Å². The Morgan fingerprint density at radius 2 is 1.82 bits per heavy atom. The summed E-state index contributed by atoms with van der Waals surface area (Å²) in [6.45, 7) is 8.77. The minimum absolute atomic E-state index is 0.0406. The van der Waals surface area contributed by atoms with E-state index in [9.17, 15) is 19.5 Å². The lowest BCUT2D eigenvalue weighted by molar-refractivity contribution is -0.155. The zero-order valence-electron chi connectivity index (χ0n) is 28.2. The molecule has 2 aromatic carbocycles. The van der Waals surface area contributed by atoms with Crippen LogP contribution >= 0.6 is 0 Å². The van der Waals surface area contributed by atoms with Gasteiger partial charge in [0.25, 0.3) is 0 Å². The van der Waals surface area contributed by atoms with Crippen molar-refractivity contribution in [2.45, 2.75) is 44.4 Å². The standard InChI is InChI=1S/C39H45N7O4/c1-3-22-40-25-37(48)46-35(23-29-18-20-33(47)21-19-29)38(49)45(27-36(46)42-39(50)41-24-30-12-6-4-7-13-30)26-32-16-10-11-17-34(44-43-28(32)2)31-14-8-5-9-15-31/h3-8,10-14,16,18-21,35-36,40,43,47H,1-2,9,15,17,22-27H2,(H2,41,42,50)/b11-10-,32-16-,44-34+/t35-,36+/m0/s1.